The van der Waals surface area contributed by atoms with Crippen LogP contribution in [0.4, 0.5) is 16.0 Å². The minimum Gasteiger partial charge on any atom is -0.354 e. The number of para-hydroxylation sites is 1. The molecule has 160 valence electrons. The van der Waals surface area contributed by atoms with E-state index in [2.05, 4.69) is 30.1 Å². The summed E-state index contributed by atoms with van der Waals surface area (Å²) >= 11 is 0. The van der Waals surface area contributed by atoms with Gasteiger partial charge in [0, 0.05) is 38.4 Å². The van der Waals surface area contributed by atoms with Crippen molar-refractivity contribution >= 4 is 17.5 Å². The molecular formula is C20H20FN7O3. The van der Waals surface area contributed by atoms with Gasteiger partial charge < -0.3 is 20.1 Å². The second-order valence-electron chi connectivity index (χ2n) is 7.11. The van der Waals surface area contributed by atoms with E-state index in [1.54, 1.807) is 6.07 Å². The largest absolute Gasteiger partial charge is 0.354 e. The van der Waals surface area contributed by atoms with Crippen molar-refractivity contribution in [2.45, 2.75) is 0 Å². The molecule has 1 saturated heterocycles. The summed E-state index contributed by atoms with van der Waals surface area (Å²) in [6.45, 7) is 3.35. The SMILES string of the molecule is CN1CCN(c2cc(NC(=O)c3c[nH]c(=O)n(-c4ccccc4F)c3=O)ncn2)CC1. The lowest BCUT2D eigenvalue weighted by molar-refractivity contribution is 0.102. The molecule has 3 aromatic rings. The number of aromatic amines is 1. The first kappa shape index (κ1) is 20.4. The molecule has 1 fully saturated rings. The quantitative estimate of drug-likeness (QED) is 0.624. The molecule has 0 spiro atoms. The van der Waals surface area contributed by atoms with Gasteiger partial charge in [-0.25, -0.2) is 23.7 Å². The third-order valence-electron chi connectivity index (χ3n) is 5.04. The molecule has 2 N–H and O–H groups in total. The molecule has 0 aliphatic carbocycles. The number of halogens is 1. The number of rotatable bonds is 4. The van der Waals surface area contributed by atoms with Crippen LogP contribution in [0.2, 0.25) is 0 Å². The number of H-pyrrole nitrogens is 1. The number of benzene rings is 1. The Bertz CT molecular complexity index is 1230. The molecular weight excluding hydrogens is 405 g/mol. The summed E-state index contributed by atoms with van der Waals surface area (Å²) in [6, 6.07) is 6.93. The van der Waals surface area contributed by atoms with E-state index in [-0.39, 0.29) is 17.1 Å². The Balaban J connectivity index is 1.61. The monoisotopic (exact) mass is 425 g/mol. The number of anilines is 2. The zero-order chi connectivity index (χ0) is 22.0. The summed E-state index contributed by atoms with van der Waals surface area (Å²) in [5.74, 6) is -0.685. The number of carbonyl (C=O) groups is 1. The van der Waals surface area contributed by atoms with Crippen LogP contribution in [0.15, 0.2) is 52.4 Å². The van der Waals surface area contributed by atoms with E-state index in [0.29, 0.717) is 10.4 Å². The van der Waals surface area contributed by atoms with E-state index >= 15 is 0 Å². The summed E-state index contributed by atoms with van der Waals surface area (Å²) in [7, 11) is 2.04. The van der Waals surface area contributed by atoms with Gasteiger partial charge in [-0.1, -0.05) is 12.1 Å². The summed E-state index contributed by atoms with van der Waals surface area (Å²) < 4.78 is 14.7. The van der Waals surface area contributed by atoms with Gasteiger partial charge in [0.25, 0.3) is 11.5 Å². The van der Waals surface area contributed by atoms with Crippen molar-refractivity contribution < 1.29 is 9.18 Å². The number of piperazine rings is 1. The molecule has 11 heteroatoms. The highest BCUT2D eigenvalue weighted by Crippen LogP contribution is 2.16. The van der Waals surface area contributed by atoms with Crippen molar-refractivity contribution in [2.24, 2.45) is 0 Å². The molecule has 2 aromatic heterocycles. The number of hydrogen-bond donors (Lipinski definition) is 2. The van der Waals surface area contributed by atoms with Gasteiger partial charge in [-0.3, -0.25) is 9.59 Å². The lowest BCUT2D eigenvalue weighted by Gasteiger charge is -2.33. The molecule has 1 aliphatic heterocycles. The second-order valence-corrected chi connectivity index (χ2v) is 7.11. The molecule has 0 atom stereocenters. The van der Waals surface area contributed by atoms with Gasteiger partial charge in [0.2, 0.25) is 0 Å². The van der Waals surface area contributed by atoms with Crippen molar-refractivity contribution in [2.75, 3.05) is 43.4 Å². The number of nitrogens with zero attached hydrogens (tertiary/aromatic N) is 5. The van der Waals surface area contributed by atoms with E-state index < -0.39 is 23.0 Å². The molecule has 0 radical (unpaired) electrons. The molecule has 1 amide bonds. The van der Waals surface area contributed by atoms with Crippen LogP contribution in [-0.2, 0) is 0 Å². The number of carbonyl (C=O) groups excluding carboxylic acids is 1. The fraction of sp³-hybridized carbons (Fsp3) is 0.250. The molecule has 4 rings (SSSR count). The van der Waals surface area contributed by atoms with Crippen LogP contribution >= 0.6 is 0 Å². The first-order valence-corrected chi connectivity index (χ1v) is 9.60. The van der Waals surface area contributed by atoms with Gasteiger partial charge >= 0.3 is 5.69 Å². The number of likely N-dealkylation sites (N-methyl/N-ethyl adjacent to an activating group) is 1. The first-order chi connectivity index (χ1) is 14.9. The predicted octanol–water partition coefficient (Wildman–Crippen LogP) is 0.459. The Morgan fingerprint density at radius 3 is 2.61 bits per heavy atom. The summed E-state index contributed by atoms with van der Waals surface area (Å²) in [4.78, 5) is 52.5. The van der Waals surface area contributed by atoms with E-state index in [1.807, 2.05) is 7.05 Å². The molecule has 0 unspecified atom stereocenters. The lowest BCUT2D eigenvalue weighted by atomic mass is 10.2. The van der Waals surface area contributed by atoms with Gasteiger partial charge in [-0.15, -0.1) is 0 Å². The van der Waals surface area contributed by atoms with Crippen molar-refractivity contribution in [3.63, 3.8) is 0 Å². The zero-order valence-corrected chi connectivity index (χ0v) is 16.7. The van der Waals surface area contributed by atoms with Gasteiger partial charge in [-0.05, 0) is 19.2 Å². The van der Waals surface area contributed by atoms with E-state index in [9.17, 15) is 18.8 Å². The Kier molecular flexibility index (Phi) is 5.58. The van der Waals surface area contributed by atoms with Crippen molar-refractivity contribution in [3.05, 3.63) is 75.1 Å². The number of hydrogen-bond acceptors (Lipinski definition) is 7. The summed E-state index contributed by atoms with van der Waals surface area (Å²) in [6.07, 6.45) is 2.33. The smallest absolute Gasteiger partial charge is 0.333 e. The minimum absolute atomic E-state index is 0.206. The third-order valence-corrected chi connectivity index (χ3v) is 5.04. The van der Waals surface area contributed by atoms with Crippen LogP contribution in [0, 0.1) is 5.82 Å². The van der Waals surface area contributed by atoms with E-state index in [0.717, 1.165) is 38.4 Å². The van der Waals surface area contributed by atoms with Crippen molar-refractivity contribution in [3.8, 4) is 5.69 Å². The maximum absolute atomic E-state index is 14.1. The van der Waals surface area contributed by atoms with Crippen LogP contribution in [-0.4, -0.2) is 63.6 Å². The predicted molar refractivity (Wildman–Crippen MR) is 112 cm³/mol. The Hall–Kier alpha value is -3.86. The Labute approximate surface area is 176 Å². The van der Waals surface area contributed by atoms with Crippen LogP contribution in [0.3, 0.4) is 0 Å². The van der Waals surface area contributed by atoms with Gasteiger partial charge in [0.05, 0.1) is 5.69 Å². The van der Waals surface area contributed by atoms with Crippen molar-refractivity contribution in [1.29, 1.82) is 0 Å². The van der Waals surface area contributed by atoms with Crippen LogP contribution in [0.25, 0.3) is 5.69 Å². The van der Waals surface area contributed by atoms with E-state index in [1.165, 1.54) is 24.5 Å². The van der Waals surface area contributed by atoms with Crippen LogP contribution in [0.1, 0.15) is 10.4 Å². The van der Waals surface area contributed by atoms with Crippen LogP contribution in [0.5, 0.6) is 0 Å². The van der Waals surface area contributed by atoms with E-state index in [4.69, 9.17) is 0 Å². The number of nitrogens with one attached hydrogen (secondary N) is 2. The lowest BCUT2D eigenvalue weighted by Crippen LogP contribution is -2.44. The Morgan fingerprint density at radius 2 is 1.87 bits per heavy atom. The molecule has 10 nitrogen and oxygen atoms in total. The molecule has 0 saturated carbocycles. The molecule has 1 aromatic carbocycles. The summed E-state index contributed by atoms with van der Waals surface area (Å²) in [5, 5.41) is 2.54. The highest BCUT2D eigenvalue weighted by atomic mass is 19.1. The Morgan fingerprint density at radius 1 is 1.13 bits per heavy atom. The number of amides is 1. The number of aromatic nitrogens is 4. The normalized spacial score (nSPS) is 14.5. The average molecular weight is 425 g/mol. The van der Waals surface area contributed by atoms with Gasteiger partial charge in [0.1, 0.15) is 29.3 Å². The zero-order valence-electron chi connectivity index (χ0n) is 16.7. The molecule has 31 heavy (non-hydrogen) atoms. The second kappa shape index (κ2) is 8.48. The maximum atomic E-state index is 14.1. The topological polar surface area (TPSA) is 116 Å². The highest BCUT2D eigenvalue weighted by Gasteiger charge is 2.19. The maximum Gasteiger partial charge on any atom is 0.333 e. The summed E-state index contributed by atoms with van der Waals surface area (Å²) in [5.41, 5.74) is -2.41. The third kappa shape index (κ3) is 4.21. The van der Waals surface area contributed by atoms with Gasteiger partial charge in [0.15, 0.2) is 0 Å². The standard InChI is InChI=1S/C20H20FN7O3/c1-26-6-8-27(9-7-26)17-10-16(23-12-24-17)25-18(29)13-11-22-20(31)28(19(13)30)15-5-3-2-4-14(15)21/h2-5,10-12H,6-9H2,1H3,(H,22,31)(H,23,24,25,29). The molecule has 1 aliphatic rings. The highest BCUT2D eigenvalue weighted by molar-refractivity contribution is 6.03. The van der Waals surface area contributed by atoms with Crippen LogP contribution < -0.4 is 21.5 Å². The first-order valence-electron chi connectivity index (χ1n) is 9.60. The van der Waals surface area contributed by atoms with Crippen molar-refractivity contribution in [1.82, 2.24) is 24.4 Å². The fourth-order valence-electron chi connectivity index (χ4n) is 3.29. The minimum atomic E-state index is -0.945. The average Bonchev–Trinajstić information content (AvgIpc) is 2.76. The van der Waals surface area contributed by atoms with Gasteiger partial charge in [-0.2, -0.15) is 0 Å². The fourth-order valence-corrected chi connectivity index (χ4v) is 3.29. The molecule has 3 heterocycles. The molecule has 0 bridgehead atoms.